The molecule has 0 spiro atoms. The molecule has 0 aromatic rings. The van der Waals surface area contributed by atoms with Gasteiger partial charge >= 0.3 is 0 Å². The maximum absolute atomic E-state index is 13.1. The second kappa shape index (κ2) is 6.36. The van der Waals surface area contributed by atoms with E-state index < -0.39 is 12.2 Å². The number of halogens is 1. The Hall–Kier alpha value is -1.15. The third kappa shape index (κ3) is 3.48. The van der Waals surface area contributed by atoms with Crippen molar-refractivity contribution in [3.8, 4) is 0 Å². The summed E-state index contributed by atoms with van der Waals surface area (Å²) in [5, 5.41) is 0. The highest BCUT2D eigenvalue weighted by atomic mass is 19.1. The summed E-state index contributed by atoms with van der Waals surface area (Å²) in [4.78, 5) is 0. The lowest BCUT2D eigenvalue weighted by molar-refractivity contribution is 0.326. The Bertz CT molecular complexity index is 289. The van der Waals surface area contributed by atoms with Crippen molar-refractivity contribution in [1.29, 1.82) is 0 Å². The average Bonchev–Trinajstić information content (AvgIpc) is 2.49. The number of hydrogen-bond donors (Lipinski definition) is 1. The zero-order valence-corrected chi connectivity index (χ0v) is 9.59. The van der Waals surface area contributed by atoms with E-state index in [1.807, 2.05) is 13.8 Å². The zero-order valence-electron chi connectivity index (χ0n) is 9.59. The van der Waals surface area contributed by atoms with Gasteiger partial charge in [-0.2, -0.15) is 0 Å². The van der Waals surface area contributed by atoms with Crippen molar-refractivity contribution < 1.29 is 4.39 Å². The summed E-state index contributed by atoms with van der Waals surface area (Å²) >= 11 is 0. The molecular formula is C13H20FN. The van der Waals surface area contributed by atoms with Gasteiger partial charge in [0.2, 0.25) is 0 Å². The van der Waals surface area contributed by atoms with Crippen molar-refractivity contribution in [2.75, 3.05) is 0 Å². The summed E-state index contributed by atoms with van der Waals surface area (Å²) in [6, 6.07) is -0.552. The second-order valence-corrected chi connectivity index (χ2v) is 3.22. The molecule has 1 fully saturated rings. The van der Waals surface area contributed by atoms with E-state index in [2.05, 4.69) is 19.7 Å². The fourth-order valence-corrected chi connectivity index (χ4v) is 1.33. The van der Waals surface area contributed by atoms with E-state index in [9.17, 15) is 4.39 Å². The highest BCUT2D eigenvalue weighted by Gasteiger charge is 2.30. The van der Waals surface area contributed by atoms with E-state index >= 15 is 0 Å². The highest BCUT2D eigenvalue weighted by molar-refractivity contribution is 5.45. The predicted molar refractivity (Wildman–Crippen MR) is 65.4 cm³/mol. The topological polar surface area (TPSA) is 26.0 Å². The molecule has 84 valence electrons. The maximum Gasteiger partial charge on any atom is 0.123 e. The van der Waals surface area contributed by atoms with Crippen LogP contribution >= 0.6 is 0 Å². The van der Waals surface area contributed by atoms with Crippen molar-refractivity contribution in [2.45, 2.75) is 32.5 Å². The van der Waals surface area contributed by atoms with Crippen LogP contribution in [0, 0.1) is 0 Å². The molecule has 2 N–H and O–H groups in total. The lowest BCUT2D eigenvalue weighted by atomic mass is 10.1. The third-order valence-corrected chi connectivity index (χ3v) is 2.24. The van der Waals surface area contributed by atoms with Crippen LogP contribution in [-0.2, 0) is 0 Å². The van der Waals surface area contributed by atoms with Crippen LogP contribution in [0.2, 0.25) is 0 Å². The number of nitrogens with two attached hydrogens (primary N) is 1. The molecule has 1 nitrogen and oxygen atoms in total. The normalized spacial score (nSPS) is 27.2. The predicted octanol–water partition coefficient (Wildman–Crippen LogP) is 3.31. The summed E-state index contributed by atoms with van der Waals surface area (Å²) in [5.41, 5.74) is 7.85. The lowest BCUT2D eigenvalue weighted by Crippen LogP contribution is -2.26. The SMILES string of the molecule is C=CC(=C)/C=C1/CC(F)[C@H](N)C1=C.CC. The quantitative estimate of drug-likeness (QED) is 0.694. The minimum Gasteiger partial charge on any atom is -0.322 e. The van der Waals surface area contributed by atoms with Crippen LogP contribution in [-0.4, -0.2) is 12.2 Å². The molecule has 0 radical (unpaired) electrons. The summed E-state index contributed by atoms with van der Waals surface area (Å²) in [7, 11) is 0. The average molecular weight is 209 g/mol. The van der Waals surface area contributed by atoms with E-state index in [-0.39, 0.29) is 0 Å². The van der Waals surface area contributed by atoms with Gasteiger partial charge in [0.25, 0.3) is 0 Å². The van der Waals surface area contributed by atoms with E-state index in [1.165, 1.54) is 0 Å². The fourth-order valence-electron chi connectivity index (χ4n) is 1.33. The molecule has 2 atom stereocenters. The number of alkyl halides is 1. The molecule has 1 aliphatic rings. The summed E-state index contributed by atoms with van der Waals surface area (Å²) in [5.74, 6) is 0. The van der Waals surface area contributed by atoms with Gasteiger partial charge in [-0.15, -0.1) is 0 Å². The third-order valence-electron chi connectivity index (χ3n) is 2.24. The molecule has 15 heavy (non-hydrogen) atoms. The molecule has 0 saturated heterocycles. The van der Waals surface area contributed by atoms with Gasteiger partial charge in [0.1, 0.15) is 6.17 Å². The molecule has 1 aliphatic carbocycles. The highest BCUT2D eigenvalue weighted by Crippen LogP contribution is 2.31. The summed E-state index contributed by atoms with van der Waals surface area (Å²) in [6.07, 6.45) is 2.75. The lowest BCUT2D eigenvalue weighted by Gasteiger charge is -2.04. The van der Waals surface area contributed by atoms with Crippen LogP contribution < -0.4 is 5.73 Å². The van der Waals surface area contributed by atoms with Gasteiger partial charge < -0.3 is 5.73 Å². The van der Waals surface area contributed by atoms with Crippen LogP contribution in [0.5, 0.6) is 0 Å². The van der Waals surface area contributed by atoms with Crippen molar-refractivity contribution in [2.24, 2.45) is 5.73 Å². The first-order valence-corrected chi connectivity index (χ1v) is 5.17. The number of rotatable bonds is 2. The van der Waals surface area contributed by atoms with Crippen LogP contribution in [0.3, 0.4) is 0 Å². The first-order valence-electron chi connectivity index (χ1n) is 5.17. The molecule has 0 heterocycles. The van der Waals surface area contributed by atoms with Crippen molar-refractivity contribution in [3.05, 3.63) is 48.6 Å². The molecular weight excluding hydrogens is 189 g/mol. The zero-order chi connectivity index (χ0) is 12.0. The number of hydrogen-bond acceptors (Lipinski definition) is 1. The van der Waals surface area contributed by atoms with Crippen molar-refractivity contribution in [3.63, 3.8) is 0 Å². The second-order valence-electron chi connectivity index (χ2n) is 3.22. The van der Waals surface area contributed by atoms with Crippen LogP contribution in [0.1, 0.15) is 20.3 Å². The largest absolute Gasteiger partial charge is 0.322 e. The van der Waals surface area contributed by atoms with E-state index in [0.717, 1.165) is 11.1 Å². The maximum atomic E-state index is 13.1. The van der Waals surface area contributed by atoms with Gasteiger partial charge in [-0.05, 0) is 16.7 Å². The molecule has 0 aromatic carbocycles. The first-order chi connectivity index (χ1) is 7.06. The Morgan fingerprint density at radius 2 is 2.07 bits per heavy atom. The van der Waals surface area contributed by atoms with Crippen LogP contribution in [0.15, 0.2) is 48.6 Å². The molecule has 1 rings (SSSR count). The summed E-state index contributed by atoms with van der Waals surface area (Å²) < 4.78 is 13.1. The standard InChI is InChI=1S/C11H14FN.C2H6/c1-4-7(2)5-9-6-10(12)11(13)8(9)3;1-2/h4-5,10-11H,1-3,6,13H2;1-2H3/b9-5-;/t10?,11-;/m1./s1. The van der Waals surface area contributed by atoms with E-state index in [4.69, 9.17) is 5.73 Å². The van der Waals surface area contributed by atoms with Gasteiger partial charge in [-0.3, -0.25) is 0 Å². The fraction of sp³-hybridized carbons (Fsp3) is 0.385. The van der Waals surface area contributed by atoms with Crippen molar-refractivity contribution >= 4 is 0 Å². The summed E-state index contributed by atoms with van der Waals surface area (Å²) in [6.45, 7) is 15.0. The molecule has 1 unspecified atom stereocenters. The minimum absolute atomic E-state index is 0.340. The van der Waals surface area contributed by atoms with Crippen LogP contribution in [0.25, 0.3) is 0 Å². The Kier molecular flexibility index (Phi) is 5.87. The van der Waals surface area contributed by atoms with Gasteiger partial charge in [0.05, 0.1) is 6.04 Å². The molecule has 2 heteroatoms. The molecule has 0 aromatic heterocycles. The molecule has 0 aliphatic heterocycles. The first kappa shape index (κ1) is 13.8. The van der Waals surface area contributed by atoms with Crippen molar-refractivity contribution in [1.82, 2.24) is 0 Å². The van der Waals surface area contributed by atoms with Gasteiger partial charge in [0, 0.05) is 6.42 Å². The van der Waals surface area contributed by atoms with E-state index in [0.29, 0.717) is 12.0 Å². The monoisotopic (exact) mass is 209 g/mol. The Morgan fingerprint density at radius 1 is 1.53 bits per heavy atom. The van der Waals surface area contributed by atoms with E-state index in [1.54, 1.807) is 12.2 Å². The Balaban J connectivity index is 0.000000921. The Morgan fingerprint density at radius 3 is 2.40 bits per heavy atom. The van der Waals surface area contributed by atoms with Gasteiger partial charge in [-0.25, -0.2) is 4.39 Å². The minimum atomic E-state index is -1.00. The van der Waals surface area contributed by atoms with Crippen LogP contribution in [0.4, 0.5) is 4.39 Å². The molecule has 1 saturated carbocycles. The number of allylic oxidation sites excluding steroid dienone is 3. The molecule has 0 bridgehead atoms. The Labute approximate surface area is 91.9 Å². The molecule has 0 amide bonds. The van der Waals surface area contributed by atoms with Gasteiger partial charge in [0.15, 0.2) is 0 Å². The smallest absolute Gasteiger partial charge is 0.123 e. The van der Waals surface area contributed by atoms with Gasteiger partial charge in [-0.1, -0.05) is 45.7 Å².